The molecule has 1 aromatic carbocycles. The summed E-state index contributed by atoms with van der Waals surface area (Å²) >= 11 is 0. The summed E-state index contributed by atoms with van der Waals surface area (Å²) < 4.78 is 6.02. The van der Waals surface area contributed by atoms with Crippen molar-refractivity contribution in [1.82, 2.24) is 5.32 Å². The molecule has 2 rings (SSSR count). The van der Waals surface area contributed by atoms with Crippen LogP contribution >= 0.6 is 0 Å². The van der Waals surface area contributed by atoms with E-state index in [0.717, 1.165) is 30.9 Å². The Kier molecular flexibility index (Phi) is 5.24. The van der Waals surface area contributed by atoms with E-state index in [1.165, 1.54) is 22.3 Å². The molecule has 0 bridgehead atoms. The first kappa shape index (κ1) is 15.8. The maximum atomic E-state index is 6.02. The monoisotopic (exact) mass is 285 g/mol. The molecule has 0 radical (unpaired) electrons. The fourth-order valence-electron chi connectivity index (χ4n) is 3.02. The van der Waals surface area contributed by atoms with Gasteiger partial charge in [0.2, 0.25) is 0 Å². The van der Waals surface area contributed by atoms with Crippen LogP contribution < -0.4 is 5.32 Å². The van der Waals surface area contributed by atoms with Gasteiger partial charge in [-0.15, -0.1) is 0 Å². The van der Waals surface area contributed by atoms with Crippen LogP contribution in [0.2, 0.25) is 0 Å². The summed E-state index contributed by atoms with van der Waals surface area (Å²) in [5.41, 5.74) is 5.33. The molecular weight excluding hydrogens is 258 g/mol. The Morgan fingerprint density at radius 3 is 2.24 bits per heavy atom. The molecule has 1 unspecified atom stereocenters. The van der Waals surface area contributed by atoms with Gasteiger partial charge in [0.15, 0.2) is 0 Å². The van der Waals surface area contributed by atoms with Gasteiger partial charge >= 0.3 is 0 Å². The molecule has 1 heterocycles. The van der Waals surface area contributed by atoms with Crippen molar-refractivity contribution in [1.29, 1.82) is 0 Å². The molecule has 2 nitrogen and oxygen atoms in total. The summed E-state index contributed by atoms with van der Waals surface area (Å²) in [6.45, 7) is 11.8. The first-order valence-corrected chi connectivity index (χ1v) is 7.96. The first-order chi connectivity index (χ1) is 10.1. The van der Waals surface area contributed by atoms with Crippen molar-refractivity contribution in [3.8, 4) is 0 Å². The number of benzene rings is 1. The van der Waals surface area contributed by atoms with Crippen LogP contribution in [0.3, 0.4) is 0 Å². The quantitative estimate of drug-likeness (QED) is 0.820. The van der Waals surface area contributed by atoms with Crippen LogP contribution in [0.15, 0.2) is 28.7 Å². The van der Waals surface area contributed by atoms with Gasteiger partial charge in [-0.1, -0.05) is 31.5 Å². The molecule has 0 spiro atoms. The Morgan fingerprint density at radius 2 is 1.71 bits per heavy atom. The molecule has 1 N–H and O–H groups in total. The van der Waals surface area contributed by atoms with Crippen molar-refractivity contribution < 1.29 is 4.42 Å². The number of rotatable bonds is 6. The maximum Gasteiger partial charge on any atom is 0.125 e. The summed E-state index contributed by atoms with van der Waals surface area (Å²) in [7, 11) is 0. The van der Waals surface area contributed by atoms with Crippen molar-refractivity contribution >= 4 is 0 Å². The third kappa shape index (κ3) is 3.56. The predicted molar refractivity (Wildman–Crippen MR) is 88.9 cm³/mol. The topological polar surface area (TPSA) is 25.2 Å². The van der Waals surface area contributed by atoms with E-state index in [9.17, 15) is 0 Å². The van der Waals surface area contributed by atoms with Gasteiger partial charge in [0.1, 0.15) is 11.5 Å². The van der Waals surface area contributed by atoms with Crippen LogP contribution in [-0.4, -0.2) is 6.54 Å². The number of hydrogen-bond donors (Lipinski definition) is 1. The highest BCUT2D eigenvalue weighted by Gasteiger charge is 2.21. The van der Waals surface area contributed by atoms with Crippen molar-refractivity contribution in [2.45, 2.75) is 53.5 Å². The molecule has 0 amide bonds. The molecule has 1 atom stereocenters. The second-order valence-electron chi connectivity index (χ2n) is 5.86. The van der Waals surface area contributed by atoms with Gasteiger partial charge < -0.3 is 9.73 Å². The lowest BCUT2D eigenvalue weighted by Gasteiger charge is -2.22. The Labute approximate surface area is 128 Å². The zero-order valence-electron chi connectivity index (χ0n) is 13.9. The van der Waals surface area contributed by atoms with Gasteiger partial charge in [0.05, 0.1) is 6.04 Å². The van der Waals surface area contributed by atoms with E-state index in [4.69, 9.17) is 4.42 Å². The molecule has 0 fully saturated rings. The smallest absolute Gasteiger partial charge is 0.125 e. The van der Waals surface area contributed by atoms with Gasteiger partial charge in [-0.3, -0.25) is 0 Å². The van der Waals surface area contributed by atoms with E-state index in [2.05, 4.69) is 64.2 Å². The lowest BCUT2D eigenvalue weighted by molar-refractivity contribution is 0.420. The molecule has 0 aliphatic heterocycles. The highest BCUT2D eigenvalue weighted by molar-refractivity contribution is 5.42. The SMILES string of the molecule is CCCNC(c1ccc(CC)o1)c1c(C)cc(C)cc1C. The molecular formula is C19H27NO. The molecule has 0 saturated carbocycles. The van der Waals surface area contributed by atoms with Gasteiger partial charge in [0.25, 0.3) is 0 Å². The highest BCUT2D eigenvalue weighted by Crippen LogP contribution is 2.30. The molecule has 0 aliphatic carbocycles. The minimum atomic E-state index is 0.144. The maximum absolute atomic E-state index is 6.02. The Bertz CT molecular complexity index is 574. The molecule has 114 valence electrons. The largest absolute Gasteiger partial charge is 0.464 e. The van der Waals surface area contributed by atoms with Gasteiger partial charge in [0, 0.05) is 6.42 Å². The molecule has 0 aliphatic rings. The van der Waals surface area contributed by atoms with Crippen LogP contribution in [0.1, 0.15) is 60.1 Å². The fraction of sp³-hybridized carbons (Fsp3) is 0.474. The summed E-state index contributed by atoms with van der Waals surface area (Å²) in [4.78, 5) is 0. The summed E-state index contributed by atoms with van der Waals surface area (Å²) in [5, 5.41) is 3.65. The van der Waals surface area contributed by atoms with E-state index in [0.29, 0.717) is 0 Å². The number of hydrogen-bond acceptors (Lipinski definition) is 2. The normalized spacial score (nSPS) is 12.6. The Hall–Kier alpha value is -1.54. The second kappa shape index (κ2) is 6.95. The van der Waals surface area contributed by atoms with E-state index in [1.54, 1.807) is 0 Å². The van der Waals surface area contributed by atoms with Crippen molar-refractivity contribution in [2.75, 3.05) is 6.54 Å². The van der Waals surface area contributed by atoms with E-state index in [1.807, 2.05) is 0 Å². The summed E-state index contributed by atoms with van der Waals surface area (Å²) in [6, 6.07) is 8.87. The molecule has 21 heavy (non-hydrogen) atoms. The third-order valence-corrected chi connectivity index (χ3v) is 3.94. The highest BCUT2D eigenvalue weighted by atomic mass is 16.3. The van der Waals surface area contributed by atoms with Crippen LogP contribution in [0, 0.1) is 20.8 Å². The van der Waals surface area contributed by atoms with E-state index < -0.39 is 0 Å². The first-order valence-electron chi connectivity index (χ1n) is 7.96. The Morgan fingerprint density at radius 1 is 1.05 bits per heavy atom. The number of nitrogens with one attached hydrogen (secondary N) is 1. The van der Waals surface area contributed by atoms with Crippen molar-refractivity contribution in [3.05, 3.63) is 58.0 Å². The standard InChI is InChI=1S/C19H27NO/c1-6-10-20-19(17-9-8-16(7-2)21-17)18-14(4)11-13(3)12-15(18)5/h8-9,11-12,19-20H,6-7,10H2,1-5H3. The summed E-state index contributed by atoms with van der Waals surface area (Å²) in [5.74, 6) is 2.08. The van der Waals surface area contributed by atoms with Crippen LogP contribution in [-0.2, 0) is 6.42 Å². The average molecular weight is 285 g/mol. The molecule has 2 aromatic rings. The number of furan rings is 1. The van der Waals surface area contributed by atoms with Crippen LogP contribution in [0.25, 0.3) is 0 Å². The van der Waals surface area contributed by atoms with Gasteiger partial charge in [-0.25, -0.2) is 0 Å². The van der Waals surface area contributed by atoms with Crippen LogP contribution in [0.5, 0.6) is 0 Å². The van der Waals surface area contributed by atoms with Crippen molar-refractivity contribution in [2.24, 2.45) is 0 Å². The van der Waals surface area contributed by atoms with Crippen LogP contribution in [0.4, 0.5) is 0 Å². The van der Waals surface area contributed by atoms with Crippen molar-refractivity contribution in [3.63, 3.8) is 0 Å². The molecule has 1 aromatic heterocycles. The minimum Gasteiger partial charge on any atom is -0.464 e. The Balaban J connectivity index is 2.45. The fourth-order valence-corrected chi connectivity index (χ4v) is 3.02. The summed E-state index contributed by atoms with van der Waals surface area (Å²) in [6.07, 6.45) is 2.05. The predicted octanol–water partition coefficient (Wildman–Crippen LogP) is 4.86. The van der Waals surface area contributed by atoms with Gasteiger partial charge in [-0.2, -0.15) is 0 Å². The van der Waals surface area contributed by atoms with E-state index >= 15 is 0 Å². The third-order valence-electron chi connectivity index (χ3n) is 3.94. The average Bonchev–Trinajstić information content (AvgIpc) is 2.90. The molecule has 0 saturated heterocycles. The molecule has 2 heteroatoms. The zero-order valence-corrected chi connectivity index (χ0v) is 13.9. The van der Waals surface area contributed by atoms with Gasteiger partial charge in [-0.05, 0) is 62.6 Å². The lowest BCUT2D eigenvalue weighted by atomic mass is 9.92. The number of aryl methyl sites for hydroxylation is 4. The van der Waals surface area contributed by atoms with E-state index in [-0.39, 0.29) is 6.04 Å². The minimum absolute atomic E-state index is 0.144. The second-order valence-corrected chi connectivity index (χ2v) is 5.86. The zero-order chi connectivity index (χ0) is 15.4. The lowest BCUT2D eigenvalue weighted by Crippen LogP contribution is -2.24.